The van der Waals surface area contributed by atoms with Crippen LogP contribution in [0.2, 0.25) is 0 Å². The summed E-state index contributed by atoms with van der Waals surface area (Å²) in [6, 6.07) is 13.0. The third kappa shape index (κ3) is 5.50. The quantitative estimate of drug-likeness (QED) is 0.230. The van der Waals surface area contributed by atoms with Gasteiger partial charge in [0.05, 0.1) is 43.7 Å². The van der Waals surface area contributed by atoms with Crippen LogP contribution in [0.1, 0.15) is 32.6 Å². The molecule has 0 bridgehead atoms. The fourth-order valence-electron chi connectivity index (χ4n) is 4.11. The summed E-state index contributed by atoms with van der Waals surface area (Å²) in [6.45, 7) is 1.71. The summed E-state index contributed by atoms with van der Waals surface area (Å²) in [4.78, 5) is 26.7. The standard InChI is InChI=1S/C28H23F4NO4/c1-16-4-7-18(8-5-16)26(34)21-15-33(14-19-9-6-17(10-22(19)29)13-28(30,31)32)23-12-25(37-3)24(36-2)11-20(23)27(21)35/h4-12,15H,13-14H2,1-3H3. The lowest BCUT2D eigenvalue weighted by molar-refractivity contribution is -0.127. The molecule has 4 aromatic rings. The van der Waals surface area contributed by atoms with Crippen molar-refractivity contribution in [1.82, 2.24) is 4.57 Å². The molecule has 0 aliphatic rings. The minimum absolute atomic E-state index is 0.0828. The van der Waals surface area contributed by atoms with Gasteiger partial charge in [0, 0.05) is 23.4 Å². The first-order valence-electron chi connectivity index (χ1n) is 11.3. The van der Waals surface area contributed by atoms with Crippen LogP contribution in [-0.2, 0) is 13.0 Å². The Morgan fingerprint density at radius 1 is 0.946 bits per heavy atom. The molecule has 0 aliphatic carbocycles. The van der Waals surface area contributed by atoms with Crippen molar-refractivity contribution in [3.8, 4) is 11.5 Å². The van der Waals surface area contributed by atoms with Crippen molar-refractivity contribution in [1.29, 1.82) is 0 Å². The number of nitrogens with zero attached hydrogens (tertiary/aromatic N) is 1. The Balaban J connectivity index is 1.88. The normalized spacial score (nSPS) is 11.5. The summed E-state index contributed by atoms with van der Waals surface area (Å²) < 4.78 is 65.2. The summed E-state index contributed by atoms with van der Waals surface area (Å²) >= 11 is 0. The summed E-state index contributed by atoms with van der Waals surface area (Å²) in [5.41, 5.74) is 0.767. The average Bonchev–Trinajstić information content (AvgIpc) is 2.85. The molecule has 3 aromatic carbocycles. The Bertz CT molecular complexity index is 1540. The number of alkyl halides is 3. The van der Waals surface area contributed by atoms with Gasteiger partial charge in [-0.15, -0.1) is 0 Å². The maximum absolute atomic E-state index is 14.9. The number of carbonyl (C=O) groups is 1. The highest BCUT2D eigenvalue weighted by Crippen LogP contribution is 2.32. The second-order valence-corrected chi connectivity index (χ2v) is 8.64. The number of ketones is 1. The number of rotatable bonds is 7. The molecule has 0 aliphatic heterocycles. The second-order valence-electron chi connectivity index (χ2n) is 8.64. The fraction of sp³-hybridized carbons (Fsp3) is 0.214. The Labute approximate surface area is 209 Å². The Morgan fingerprint density at radius 3 is 2.19 bits per heavy atom. The van der Waals surface area contributed by atoms with E-state index >= 15 is 0 Å². The van der Waals surface area contributed by atoms with Gasteiger partial charge in [-0.05, 0) is 24.6 Å². The van der Waals surface area contributed by atoms with Crippen molar-refractivity contribution in [2.24, 2.45) is 0 Å². The minimum Gasteiger partial charge on any atom is -0.493 e. The molecule has 0 N–H and O–H groups in total. The van der Waals surface area contributed by atoms with Gasteiger partial charge in [-0.1, -0.05) is 42.0 Å². The number of carbonyl (C=O) groups excluding carboxylic acids is 1. The number of halogens is 4. The molecule has 0 saturated heterocycles. The summed E-state index contributed by atoms with van der Waals surface area (Å²) in [5.74, 6) is -0.778. The van der Waals surface area contributed by atoms with Gasteiger partial charge in [0.15, 0.2) is 17.3 Å². The van der Waals surface area contributed by atoms with Crippen LogP contribution in [0.3, 0.4) is 0 Å². The number of ether oxygens (including phenoxy) is 2. The van der Waals surface area contributed by atoms with Crippen molar-refractivity contribution >= 4 is 16.7 Å². The Morgan fingerprint density at radius 2 is 1.59 bits per heavy atom. The third-order valence-corrected chi connectivity index (χ3v) is 6.01. The van der Waals surface area contributed by atoms with Crippen LogP contribution in [0, 0.1) is 12.7 Å². The lowest BCUT2D eigenvalue weighted by Gasteiger charge is -2.17. The number of hydrogen-bond donors (Lipinski definition) is 0. The first-order valence-corrected chi connectivity index (χ1v) is 11.3. The van der Waals surface area contributed by atoms with Crippen LogP contribution in [-0.4, -0.2) is 30.7 Å². The second kappa shape index (κ2) is 10.1. The molecule has 192 valence electrons. The van der Waals surface area contributed by atoms with Crippen molar-refractivity contribution in [3.63, 3.8) is 0 Å². The molecular formula is C28H23F4NO4. The molecule has 0 unspecified atom stereocenters. The van der Waals surface area contributed by atoms with E-state index in [1.807, 2.05) is 6.92 Å². The Kier molecular flexibility index (Phi) is 7.07. The maximum Gasteiger partial charge on any atom is 0.393 e. The minimum atomic E-state index is -4.47. The van der Waals surface area contributed by atoms with Crippen LogP contribution in [0.5, 0.6) is 11.5 Å². The van der Waals surface area contributed by atoms with Crippen molar-refractivity contribution < 1.29 is 31.8 Å². The molecule has 4 rings (SSSR count). The predicted molar refractivity (Wildman–Crippen MR) is 131 cm³/mol. The van der Waals surface area contributed by atoms with E-state index in [2.05, 4.69) is 0 Å². The van der Waals surface area contributed by atoms with Gasteiger partial charge >= 0.3 is 6.18 Å². The van der Waals surface area contributed by atoms with E-state index in [-0.39, 0.29) is 34.4 Å². The molecule has 5 nitrogen and oxygen atoms in total. The van der Waals surface area contributed by atoms with E-state index in [0.29, 0.717) is 16.8 Å². The number of pyridine rings is 1. The van der Waals surface area contributed by atoms with Crippen LogP contribution in [0.15, 0.2) is 65.6 Å². The van der Waals surface area contributed by atoms with Gasteiger partial charge in [-0.3, -0.25) is 9.59 Å². The molecule has 0 amide bonds. The van der Waals surface area contributed by atoms with E-state index in [0.717, 1.165) is 11.6 Å². The molecule has 0 spiro atoms. The molecule has 0 saturated carbocycles. The highest BCUT2D eigenvalue weighted by Gasteiger charge is 2.28. The van der Waals surface area contributed by atoms with Gasteiger partial charge in [-0.25, -0.2) is 4.39 Å². The summed E-state index contributed by atoms with van der Waals surface area (Å²) in [6.07, 6.45) is -4.39. The molecule has 9 heteroatoms. The van der Waals surface area contributed by atoms with E-state index in [1.54, 1.807) is 24.3 Å². The first kappa shape index (κ1) is 25.9. The lowest BCUT2D eigenvalue weighted by atomic mass is 10.0. The number of benzene rings is 3. The summed E-state index contributed by atoms with van der Waals surface area (Å²) in [5, 5.41) is 0.143. The maximum atomic E-state index is 14.9. The van der Waals surface area contributed by atoms with Gasteiger partial charge in [0.25, 0.3) is 0 Å². The topological polar surface area (TPSA) is 57.5 Å². The van der Waals surface area contributed by atoms with Crippen LogP contribution in [0.25, 0.3) is 10.9 Å². The van der Waals surface area contributed by atoms with Crippen molar-refractivity contribution in [2.45, 2.75) is 26.1 Å². The van der Waals surface area contributed by atoms with E-state index in [4.69, 9.17) is 9.47 Å². The SMILES string of the molecule is COc1cc2c(=O)c(C(=O)c3ccc(C)cc3)cn(Cc3ccc(CC(F)(F)F)cc3F)c2cc1OC. The van der Waals surface area contributed by atoms with E-state index in [9.17, 15) is 27.2 Å². The predicted octanol–water partition coefficient (Wildman–Crippen LogP) is 5.85. The van der Waals surface area contributed by atoms with Crippen molar-refractivity contribution in [3.05, 3.63) is 105 Å². The number of fused-ring (bicyclic) bond motifs is 1. The zero-order chi connectivity index (χ0) is 26.9. The Hall–Kier alpha value is -4.14. The molecular weight excluding hydrogens is 490 g/mol. The van der Waals surface area contributed by atoms with Crippen LogP contribution in [0.4, 0.5) is 17.6 Å². The number of hydrogen-bond acceptors (Lipinski definition) is 4. The van der Waals surface area contributed by atoms with E-state index < -0.39 is 29.6 Å². The van der Waals surface area contributed by atoms with Gasteiger partial charge < -0.3 is 14.0 Å². The first-order chi connectivity index (χ1) is 17.5. The number of methoxy groups -OCH3 is 2. The number of aryl methyl sites for hydroxylation is 1. The fourth-order valence-corrected chi connectivity index (χ4v) is 4.11. The zero-order valence-electron chi connectivity index (χ0n) is 20.3. The molecule has 37 heavy (non-hydrogen) atoms. The molecule has 0 fully saturated rings. The molecule has 1 heterocycles. The zero-order valence-corrected chi connectivity index (χ0v) is 20.3. The largest absolute Gasteiger partial charge is 0.493 e. The molecule has 1 aromatic heterocycles. The monoisotopic (exact) mass is 513 g/mol. The van der Waals surface area contributed by atoms with Crippen LogP contribution < -0.4 is 14.9 Å². The van der Waals surface area contributed by atoms with Gasteiger partial charge in [0.2, 0.25) is 5.43 Å². The highest BCUT2D eigenvalue weighted by atomic mass is 19.4. The third-order valence-electron chi connectivity index (χ3n) is 6.01. The lowest BCUT2D eigenvalue weighted by Crippen LogP contribution is -2.20. The smallest absolute Gasteiger partial charge is 0.393 e. The highest BCUT2D eigenvalue weighted by molar-refractivity contribution is 6.10. The van der Waals surface area contributed by atoms with Crippen LogP contribution >= 0.6 is 0 Å². The van der Waals surface area contributed by atoms with Crippen molar-refractivity contribution in [2.75, 3.05) is 14.2 Å². The molecule has 0 atom stereocenters. The molecule has 0 radical (unpaired) electrons. The van der Waals surface area contributed by atoms with Gasteiger partial charge in [-0.2, -0.15) is 13.2 Å². The van der Waals surface area contributed by atoms with Gasteiger partial charge in [0.1, 0.15) is 5.82 Å². The van der Waals surface area contributed by atoms with E-state index in [1.165, 1.54) is 49.2 Å². The number of aromatic nitrogens is 1. The average molecular weight is 513 g/mol. The summed E-state index contributed by atoms with van der Waals surface area (Å²) in [7, 11) is 2.82.